The van der Waals surface area contributed by atoms with E-state index in [0.717, 1.165) is 69.6 Å². The van der Waals surface area contributed by atoms with Crippen molar-refractivity contribution in [2.24, 2.45) is 11.8 Å². The zero-order valence-corrected chi connectivity index (χ0v) is 47.5. The van der Waals surface area contributed by atoms with Gasteiger partial charge in [-0.15, -0.1) is 0 Å². The zero-order chi connectivity index (χ0) is 50.4. The largest absolute Gasteiger partial charge is 0.462 e. The lowest BCUT2D eigenvalue weighted by Crippen LogP contribution is -2.30. The maximum absolute atomic E-state index is 12.9. The Balaban J connectivity index is 4.28. The first kappa shape index (κ1) is 67.4. The van der Waals surface area contributed by atoms with Crippen LogP contribution in [-0.4, -0.2) is 37.2 Å². The molecule has 0 N–H and O–H groups in total. The van der Waals surface area contributed by atoms with Crippen LogP contribution in [0.3, 0.4) is 0 Å². The Labute approximate surface area is 431 Å². The van der Waals surface area contributed by atoms with Crippen LogP contribution in [0.4, 0.5) is 0 Å². The Morgan fingerprint density at radius 2 is 0.478 bits per heavy atom. The Kier molecular flexibility index (Phi) is 54.4. The molecular formula is C63H122O6. The molecule has 0 fully saturated rings. The number of carbonyl (C=O) groups is 3. The van der Waals surface area contributed by atoms with Crippen molar-refractivity contribution in [3.8, 4) is 0 Å². The van der Waals surface area contributed by atoms with Crippen LogP contribution in [-0.2, 0) is 28.6 Å². The van der Waals surface area contributed by atoms with Crippen molar-refractivity contribution in [2.75, 3.05) is 13.2 Å². The third kappa shape index (κ3) is 57.2. The fourth-order valence-corrected chi connectivity index (χ4v) is 9.76. The molecule has 0 radical (unpaired) electrons. The van der Waals surface area contributed by atoms with E-state index >= 15 is 0 Å². The third-order valence-corrected chi connectivity index (χ3v) is 14.5. The second-order valence-electron chi connectivity index (χ2n) is 22.6. The second-order valence-corrected chi connectivity index (χ2v) is 22.6. The van der Waals surface area contributed by atoms with Crippen LogP contribution in [0.5, 0.6) is 0 Å². The smallest absolute Gasteiger partial charge is 0.306 e. The van der Waals surface area contributed by atoms with Gasteiger partial charge in [0.15, 0.2) is 6.10 Å². The molecule has 0 bridgehead atoms. The van der Waals surface area contributed by atoms with Crippen LogP contribution in [0.15, 0.2) is 0 Å². The summed E-state index contributed by atoms with van der Waals surface area (Å²) in [5, 5.41) is 0. The molecule has 0 spiro atoms. The highest BCUT2D eigenvalue weighted by molar-refractivity contribution is 5.71. The topological polar surface area (TPSA) is 78.9 Å². The Hall–Kier alpha value is -1.59. The van der Waals surface area contributed by atoms with Crippen LogP contribution in [0.1, 0.15) is 356 Å². The van der Waals surface area contributed by atoms with E-state index in [1.165, 1.54) is 244 Å². The van der Waals surface area contributed by atoms with Gasteiger partial charge in [0.25, 0.3) is 0 Å². The van der Waals surface area contributed by atoms with Crippen molar-refractivity contribution in [1.82, 2.24) is 0 Å². The molecule has 0 aliphatic carbocycles. The molecule has 0 aromatic carbocycles. The van der Waals surface area contributed by atoms with Crippen LogP contribution < -0.4 is 0 Å². The minimum atomic E-state index is -0.763. The summed E-state index contributed by atoms with van der Waals surface area (Å²) >= 11 is 0. The number of hydrogen-bond donors (Lipinski definition) is 0. The van der Waals surface area contributed by atoms with E-state index in [1.54, 1.807) is 0 Å². The predicted molar refractivity (Wildman–Crippen MR) is 298 cm³/mol. The van der Waals surface area contributed by atoms with Gasteiger partial charge in [-0.2, -0.15) is 0 Å². The van der Waals surface area contributed by atoms with Crippen molar-refractivity contribution >= 4 is 17.9 Å². The lowest BCUT2D eigenvalue weighted by molar-refractivity contribution is -0.167. The van der Waals surface area contributed by atoms with Gasteiger partial charge in [0.1, 0.15) is 13.2 Å². The molecule has 0 saturated heterocycles. The average molecular weight is 976 g/mol. The number of unbranched alkanes of at least 4 members (excludes halogenated alkanes) is 42. The van der Waals surface area contributed by atoms with Crippen molar-refractivity contribution in [1.29, 1.82) is 0 Å². The van der Waals surface area contributed by atoms with Crippen LogP contribution in [0, 0.1) is 11.8 Å². The summed E-state index contributed by atoms with van der Waals surface area (Å²) in [6.45, 7) is 11.4. The predicted octanol–water partition coefficient (Wildman–Crippen LogP) is 20.8. The summed E-state index contributed by atoms with van der Waals surface area (Å²) in [5.74, 6) is 0.842. The number of carbonyl (C=O) groups excluding carboxylic acids is 3. The Morgan fingerprint density at radius 3 is 0.710 bits per heavy atom. The van der Waals surface area contributed by atoms with Gasteiger partial charge >= 0.3 is 17.9 Å². The quantitative estimate of drug-likeness (QED) is 0.0343. The van der Waals surface area contributed by atoms with E-state index in [4.69, 9.17) is 14.2 Å². The van der Waals surface area contributed by atoms with Gasteiger partial charge in [-0.1, -0.05) is 317 Å². The maximum atomic E-state index is 12.9. The summed E-state index contributed by atoms with van der Waals surface area (Å²) in [6.07, 6.45) is 61.0. The van der Waals surface area contributed by atoms with E-state index in [-0.39, 0.29) is 31.1 Å². The summed E-state index contributed by atoms with van der Waals surface area (Å²) in [5.41, 5.74) is 0. The lowest BCUT2D eigenvalue weighted by Gasteiger charge is -2.18. The first-order chi connectivity index (χ1) is 33.7. The van der Waals surface area contributed by atoms with Gasteiger partial charge in [0.2, 0.25) is 0 Å². The molecule has 0 aromatic rings. The van der Waals surface area contributed by atoms with Crippen molar-refractivity contribution < 1.29 is 28.6 Å². The zero-order valence-electron chi connectivity index (χ0n) is 47.5. The first-order valence-corrected chi connectivity index (χ1v) is 31.2. The summed E-state index contributed by atoms with van der Waals surface area (Å²) in [6, 6.07) is 0. The molecule has 6 heteroatoms. The minimum absolute atomic E-state index is 0.0622. The molecule has 0 aliphatic rings. The first-order valence-electron chi connectivity index (χ1n) is 31.2. The standard InChI is InChI=1S/C63H122O6/c1-6-7-8-9-10-11-12-13-14-15-16-17-20-24-29-35-40-45-50-55-63(66)69-60(57-68-62(65)54-49-44-39-34-30-25-27-32-37-42-47-52-59(4)5)56-67-61(64)53-48-43-38-33-28-23-21-18-19-22-26-31-36-41-46-51-58(2)3/h58-60H,6-57H2,1-5H3/t60-/m0/s1. The molecule has 0 amide bonds. The van der Waals surface area contributed by atoms with E-state index in [1.807, 2.05) is 0 Å². The van der Waals surface area contributed by atoms with E-state index in [2.05, 4.69) is 34.6 Å². The summed E-state index contributed by atoms with van der Waals surface area (Å²) in [4.78, 5) is 38.3. The van der Waals surface area contributed by atoms with Gasteiger partial charge in [0.05, 0.1) is 0 Å². The van der Waals surface area contributed by atoms with E-state index in [9.17, 15) is 14.4 Å². The van der Waals surface area contributed by atoms with E-state index in [0.29, 0.717) is 19.3 Å². The number of ether oxygens (including phenoxy) is 3. The number of hydrogen-bond acceptors (Lipinski definition) is 6. The molecule has 0 unspecified atom stereocenters. The fourth-order valence-electron chi connectivity index (χ4n) is 9.76. The van der Waals surface area contributed by atoms with E-state index < -0.39 is 6.10 Å². The highest BCUT2D eigenvalue weighted by Crippen LogP contribution is 2.19. The number of rotatable bonds is 57. The lowest BCUT2D eigenvalue weighted by atomic mass is 10.0. The van der Waals surface area contributed by atoms with Crippen molar-refractivity contribution in [2.45, 2.75) is 362 Å². The van der Waals surface area contributed by atoms with Crippen LogP contribution in [0.25, 0.3) is 0 Å². The Morgan fingerprint density at radius 1 is 0.275 bits per heavy atom. The highest BCUT2D eigenvalue weighted by Gasteiger charge is 2.19. The normalized spacial score (nSPS) is 12.0. The van der Waals surface area contributed by atoms with Gasteiger partial charge in [-0.05, 0) is 31.1 Å². The molecule has 0 heterocycles. The van der Waals surface area contributed by atoms with Gasteiger partial charge < -0.3 is 14.2 Å². The summed E-state index contributed by atoms with van der Waals surface area (Å²) in [7, 11) is 0. The molecule has 0 aliphatic heterocycles. The van der Waals surface area contributed by atoms with Crippen molar-refractivity contribution in [3.63, 3.8) is 0 Å². The third-order valence-electron chi connectivity index (χ3n) is 14.5. The fraction of sp³-hybridized carbons (Fsp3) is 0.952. The SMILES string of the molecule is CCCCCCCCCCCCCCCCCCCCCC(=O)O[C@@H](COC(=O)CCCCCCCCCCCCCCCCCC(C)C)COC(=O)CCCCCCCCCCCCCC(C)C. The maximum Gasteiger partial charge on any atom is 0.306 e. The van der Waals surface area contributed by atoms with Crippen LogP contribution >= 0.6 is 0 Å². The Bertz CT molecular complexity index is 1060. The second kappa shape index (κ2) is 55.7. The molecule has 0 aromatic heterocycles. The highest BCUT2D eigenvalue weighted by atomic mass is 16.6. The number of esters is 3. The monoisotopic (exact) mass is 975 g/mol. The molecule has 0 rings (SSSR count). The van der Waals surface area contributed by atoms with Gasteiger partial charge in [-0.25, -0.2) is 0 Å². The minimum Gasteiger partial charge on any atom is -0.462 e. The average Bonchev–Trinajstić information content (AvgIpc) is 3.32. The molecule has 0 saturated carbocycles. The molecule has 69 heavy (non-hydrogen) atoms. The summed E-state index contributed by atoms with van der Waals surface area (Å²) < 4.78 is 16.9. The molecule has 6 nitrogen and oxygen atoms in total. The van der Waals surface area contributed by atoms with Crippen molar-refractivity contribution in [3.05, 3.63) is 0 Å². The van der Waals surface area contributed by atoms with Gasteiger partial charge in [0, 0.05) is 19.3 Å². The van der Waals surface area contributed by atoms with Crippen LogP contribution in [0.2, 0.25) is 0 Å². The molecule has 1 atom stereocenters. The van der Waals surface area contributed by atoms with Gasteiger partial charge in [-0.3, -0.25) is 14.4 Å². The molecule has 410 valence electrons. The molecular weight excluding hydrogens is 853 g/mol.